The van der Waals surface area contributed by atoms with Gasteiger partial charge in [0.2, 0.25) is 5.75 Å². The molecule has 0 saturated heterocycles. The Kier molecular flexibility index (Phi) is 8.13. The number of ether oxygens (including phenoxy) is 2. The molecule has 9 heteroatoms. The fourth-order valence-electron chi connectivity index (χ4n) is 5.80. The smallest absolute Gasteiger partial charge is 0.315 e. The van der Waals surface area contributed by atoms with E-state index in [1.54, 1.807) is 25.1 Å². The Hall–Kier alpha value is -5.05. The van der Waals surface area contributed by atoms with E-state index in [9.17, 15) is 14.9 Å². The zero-order chi connectivity index (χ0) is 29.8. The summed E-state index contributed by atoms with van der Waals surface area (Å²) < 4.78 is 13.3. The summed E-state index contributed by atoms with van der Waals surface area (Å²) in [6, 6.07) is 24.1. The topological polar surface area (TPSA) is 109 Å². The third kappa shape index (κ3) is 5.83. The van der Waals surface area contributed by atoms with Gasteiger partial charge in [-0.1, -0.05) is 73.9 Å². The number of fused-ring (bicyclic) bond motifs is 2. The van der Waals surface area contributed by atoms with E-state index in [4.69, 9.17) is 14.5 Å². The zero-order valence-corrected chi connectivity index (χ0v) is 23.9. The Balaban J connectivity index is 1.39. The zero-order valence-electron chi connectivity index (χ0n) is 23.9. The normalized spacial score (nSPS) is 14.0. The molecule has 0 atom stereocenters. The summed E-state index contributed by atoms with van der Waals surface area (Å²) in [7, 11) is 0. The third-order valence-corrected chi connectivity index (χ3v) is 7.88. The molecule has 0 unspecified atom stereocenters. The maximum Gasteiger partial charge on any atom is 0.315 e. The summed E-state index contributed by atoms with van der Waals surface area (Å²) in [6.45, 7) is 2.21. The first-order valence-corrected chi connectivity index (χ1v) is 14.6. The quantitative estimate of drug-likeness (QED) is 0.103. The second-order valence-electron chi connectivity index (χ2n) is 10.7. The maximum atomic E-state index is 13.6. The van der Waals surface area contributed by atoms with E-state index in [2.05, 4.69) is 5.10 Å². The van der Waals surface area contributed by atoms with Crippen molar-refractivity contribution in [3.05, 3.63) is 116 Å². The SMILES string of the molecule is CCOc1cc(C=Nn2c(C3CCCCC3)nc3ccccc3c2=O)cc([N+](=O)[O-])c1OCc1cccc2ccccc12. The van der Waals surface area contributed by atoms with Crippen molar-refractivity contribution in [3.63, 3.8) is 0 Å². The molecular weight excluding hydrogens is 544 g/mol. The van der Waals surface area contributed by atoms with Gasteiger partial charge in [0.05, 0.1) is 28.6 Å². The van der Waals surface area contributed by atoms with Gasteiger partial charge in [-0.05, 0) is 54.3 Å². The molecule has 1 saturated carbocycles. The van der Waals surface area contributed by atoms with Gasteiger partial charge >= 0.3 is 5.69 Å². The van der Waals surface area contributed by atoms with Crippen LogP contribution in [0.3, 0.4) is 0 Å². The van der Waals surface area contributed by atoms with Gasteiger partial charge in [0.15, 0.2) is 5.75 Å². The number of aromatic nitrogens is 2. The van der Waals surface area contributed by atoms with Crippen LogP contribution in [0.1, 0.15) is 61.9 Å². The number of hydrogen-bond acceptors (Lipinski definition) is 7. The van der Waals surface area contributed by atoms with E-state index in [-0.39, 0.29) is 41.9 Å². The summed E-state index contributed by atoms with van der Waals surface area (Å²) in [5.74, 6) is 1.01. The molecule has 1 aliphatic carbocycles. The minimum atomic E-state index is -0.491. The van der Waals surface area contributed by atoms with E-state index >= 15 is 0 Å². The second kappa shape index (κ2) is 12.4. The van der Waals surface area contributed by atoms with Gasteiger partial charge in [-0.15, -0.1) is 0 Å². The maximum absolute atomic E-state index is 13.6. The molecule has 43 heavy (non-hydrogen) atoms. The fourth-order valence-corrected chi connectivity index (χ4v) is 5.80. The first kappa shape index (κ1) is 28.1. The van der Waals surface area contributed by atoms with Gasteiger partial charge in [0, 0.05) is 17.5 Å². The van der Waals surface area contributed by atoms with Crippen LogP contribution in [-0.4, -0.2) is 27.4 Å². The number of nitrogens with zero attached hydrogens (tertiary/aromatic N) is 4. The third-order valence-electron chi connectivity index (χ3n) is 7.88. The Labute approximate surface area is 248 Å². The molecule has 9 nitrogen and oxygen atoms in total. The van der Waals surface area contributed by atoms with Crippen molar-refractivity contribution in [2.75, 3.05) is 6.61 Å². The highest BCUT2D eigenvalue weighted by atomic mass is 16.6. The van der Waals surface area contributed by atoms with Gasteiger partial charge in [0.1, 0.15) is 12.4 Å². The van der Waals surface area contributed by atoms with Crippen LogP contribution < -0.4 is 15.0 Å². The monoisotopic (exact) mass is 576 g/mol. The number of benzene rings is 4. The van der Waals surface area contributed by atoms with E-state index in [0.717, 1.165) is 48.4 Å². The number of rotatable bonds is 9. The predicted molar refractivity (Wildman–Crippen MR) is 167 cm³/mol. The molecule has 1 aliphatic rings. The molecule has 0 N–H and O–H groups in total. The van der Waals surface area contributed by atoms with Gasteiger partial charge in [0.25, 0.3) is 5.56 Å². The molecule has 1 heterocycles. The molecule has 218 valence electrons. The van der Waals surface area contributed by atoms with Crippen LogP contribution in [0.5, 0.6) is 11.5 Å². The van der Waals surface area contributed by atoms with Crippen LogP contribution in [0.2, 0.25) is 0 Å². The Morgan fingerprint density at radius 2 is 1.72 bits per heavy atom. The molecule has 0 radical (unpaired) electrons. The van der Waals surface area contributed by atoms with Crippen LogP contribution in [0, 0.1) is 10.1 Å². The lowest BCUT2D eigenvalue weighted by Crippen LogP contribution is -2.25. The van der Waals surface area contributed by atoms with Crippen molar-refractivity contribution >= 4 is 33.6 Å². The van der Waals surface area contributed by atoms with E-state index in [1.165, 1.54) is 17.0 Å². The number of hydrogen-bond donors (Lipinski definition) is 0. The van der Waals surface area contributed by atoms with Gasteiger partial charge < -0.3 is 9.47 Å². The summed E-state index contributed by atoms with van der Waals surface area (Å²) >= 11 is 0. The minimum absolute atomic E-state index is 0.0457. The van der Waals surface area contributed by atoms with Crippen molar-refractivity contribution < 1.29 is 14.4 Å². The van der Waals surface area contributed by atoms with Gasteiger partial charge in [-0.3, -0.25) is 14.9 Å². The first-order valence-electron chi connectivity index (χ1n) is 14.6. The Bertz CT molecular complexity index is 1890. The van der Waals surface area contributed by atoms with E-state index in [0.29, 0.717) is 22.3 Å². The fraction of sp³-hybridized carbons (Fsp3) is 0.265. The van der Waals surface area contributed by atoms with Crippen LogP contribution in [0.25, 0.3) is 21.7 Å². The molecule has 1 fully saturated rings. The lowest BCUT2D eigenvalue weighted by atomic mass is 9.88. The van der Waals surface area contributed by atoms with Gasteiger partial charge in [-0.25, -0.2) is 4.98 Å². The van der Waals surface area contributed by atoms with Crippen LogP contribution >= 0.6 is 0 Å². The van der Waals surface area contributed by atoms with Crippen LogP contribution in [0.15, 0.2) is 88.8 Å². The van der Waals surface area contributed by atoms with Crippen LogP contribution in [-0.2, 0) is 6.61 Å². The Morgan fingerprint density at radius 3 is 2.51 bits per heavy atom. The average Bonchev–Trinajstić information content (AvgIpc) is 3.04. The lowest BCUT2D eigenvalue weighted by molar-refractivity contribution is -0.386. The highest BCUT2D eigenvalue weighted by molar-refractivity contribution is 5.86. The first-order chi connectivity index (χ1) is 21.0. The highest BCUT2D eigenvalue weighted by Gasteiger charge is 2.24. The van der Waals surface area contributed by atoms with Crippen molar-refractivity contribution in [1.82, 2.24) is 9.66 Å². The van der Waals surface area contributed by atoms with E-state index < -0.39 is 4.92 Å². The average molecular weight is 577 g/mol. The molecule has 0 bridgehead atoms. The molecule has 0 aliphatic heterocycles. The molecule has 4 aromatic carbocycles. The molecule has 5 aromatic rings. The molecular formula is C34H32N4O5. The summed E-state index contributed by atoms with van der Waals surface area (Å²) in [4.78, 5) is 30.2. The predicted octanol–water partition coefficient (Wildman–Crippen LogP) is 7.37. The summed E-state index contributed by atoms with van der Waals surface area (Å²) in [6.07, 6.45) is 6.62. The highest BCUT2D eigenvalue weighted by Crippen LogP contribution is 2.39. The van der Waals surface area contributed by atoms with Crippen LogP contribution in [0.4, 0.5) is 5.69 Å². The minimum Gasteiger partial charge on any atom is -0.490 e. The number of para-hydroxylation sites is 1. The van der Waals surface area contributed by atoms with Crippen molar-refractivity contribution in [1.29, 1.82) is 0 Å². The van der Waals surface area contributed by atoms with E-state index in [1.807, 2.05) is 54.6 Å². The van der Waals surface area contributed by atoms with Crippen molar-refractivity contribution in [2.45, 2.75) is 51.6 Å². The standard InChI is InChI=1S/C34H32N4O5/c1-2-42-31-20-23(19-30(38(40)41)32(31)43-22-26-15-10-14-24-11-6-7-16-27(24)26)21-35-37-33(25-12-4-3-5-13-25)36-29-18-9-8-17-28(29)34(37)39/h6-11,14-21,25H,2-5,12-13,22H2,1H3. The molecule has 6 rings (SSSR count). The molecule has 1 aromatic heterocycles. The molecule has 0 spiro atoms. The molecule has 0 amide bonds. The summed E-state index contributed by atoms with van der Waals surface area (Å²) in [5.41, 5.74) is 1.43. The second-order valence-corrected chi connectivity index (χ2v) is 10.7. The largest absolute Gasteiger partial charge is 0.490 e. The number of nitro groups is 1. The lowest BCUT2D eigenvalue weighted by Gasteiger charge is -2.22. The Morgan fingerprint density at radius 1 is 0.977 bits per heavy atom. The van der Waals surface area contributed by atoms with Gasteiger partial charge in [-0.2, -0.15) is 9.78 Å². The number of nitro benzene ring substituents is 1. The van der Waals surface area contributed by atoms with Crippen molar-refractivity contribution in [2.24, 2.45) is 5.10 Å². The van der Waals surface area contributed by atoms with Crippen molar-refractivity contribution in [3.8, 4) is 11.5 Å². The summed E-state index contributed by atoms with van der Waals surface area (Å²) in [5, 5.41) is 19.3.